The summed E-state index contributed by atoms with van der Waals surface area (Å²) in [5.41, 5.74) is 2.35. The second kappa shape index (κ2) is 8.56. The molecular formula is C21H24N3O3+. The van der Waals surface area contributed by atoms with Crippen molar-refractivity contribution in [2.75, 3.05) is 32.6 Å². The zero-order valence-corrected chi connectivity index (χ0v) is 15.6. The van der Waals surface area contributed by atoms with Crippen LogP contribution in [-0.2, 0) is 4.79 Å². The van der Waals surface area contributed by atoms with Crippen LogP contribution in [0.3, 0.4) is 0 Å². The van der Waals surface area contributed by atoms with Crippen LogP contribution in [0, 0.1) is 11.3 Å². The number of amides is 1. The number of hydrogen-bond donors (Lipinski definition) is 2. The molecule has 2 atom stereocenters. The number of hydrogen-bond acceptors (Lipinski definition) is 4. The van der Waals surface area contributed by atoms with E-state index in [1.54, 1.807) is 38.5 Å². The van der Waals surface area contributed by atoms with E-state index in [4.69, 9.17) is 14.7 Å². The quantitative estimate of drug-likeness (QED) is 0.819. The van der Waals surface area contributed by atoms with Crippen LogP contribution in [0.25, 0.3) is 0 Å². The van der Waals surface area contributed by atoms with E-state index in [0.717, 1.165) is 36.4 Å². The molecule has 0 saturated carbocycles. The number of nitrogens with one attached hydrogen (secondary N) is 2. The van der Waals surface area contributed by atoms with Crippen LogP contribution in [0.15, 0.2) is 42.5 Å². The van der Waals surface area contributed by atoms with Crippen LogP contribution >= 0.6 is 0 Å². The van der Waals surface area contributed by atoms with Crippen molar-refractivity contribution >= 4 is 11.6 Å². The summed E-state index contributed by atoms with van der Waals surface area (Å²) in [5.74, 6) is 1.58. The molecule has 1 aliphatic heterocycles. The van der Waals surface area contributed by atoms with E-state index in [9.17, 15) is 4.79 Å². The molecule has 0 radical (unpaired) electrons. The monoisotopic (exact) mass is 366 g/mol. The molecule has 0 bridgehead atoms. The molecule has 0 spiro atoms. The van der Waals surface area contributed by atoms with E-state index >= 15 is 0 Å². The van der Waals surface area contributed by atoms with Crippen molar-refractivity contribution in [1.82, 2.24) is 0 Å². The number of methoxy groups -OCH3 is 2. The van der Waals surface area contributed by atoms with Gasteiger partial charge in [0.2, 0.25) is 0 Å². The Labute approximate surface area is 159 Å². The fraction of sp³-hybridized carbons (Fsp3) is 0.333. The van der Waals surface area contributed by atoms with Gasteiger partial charge in [0, 0.05) is 18.5 Å². The van der Waals surface area contributed by atoms with Crippen LogP contribution in [0.2, 0.25) is 0 Å². The number of benzene rings is 2. The van der Waals surface area contributed by atoms with Gasteiger partial charge in [-0.05, 0) is 42.5 Å². The Morgan fingerprint density at radius 3 is 2.67 bits per heavy atom. The lowest BCUT2D eigenvalue weighted by atomic mass is 10.0. The molecule has 1 amide bonds. The molecular weight excluding hydrogens is 342 g/mol. The van der Waals surface area contributed by atoms with Crippen molar-refractivity contribution in [2.45, 2.75) is 18.9 Å². The SMILES string of the molecule is COc1ccc(OC)c([C@H]2CCC[NH+]2CC(=O)Nc2ccc(C#N)cc2)c1. The van der Waals surface area contributed by atoms with Gasteiger partial charge >= 0.3 is 0 Å². The van der Waals surface area contributed by atoms with Crippen molar-refractivity contribution in [3.05, 3.63) is 53.6 Å². The minimum absolute atomic E-state index is 0.0385. The largest absolute Gasteiger partial charge is 0.497 e. The Kier molecular flexibility index (Phi) is 5.94. The Morgan fingerprint density at radius 2 is 2.00 bits per heavy atom. The summed E-state index contributed by atoms with van der Waals surface area (Å²) < 4.78 is 10.9. The van der Waals surface area contributed by atoms with Crippen molar-refractivity contribution in [1.29, 1.82) is 5.26 Å². The molecule has 2 aromatic carbocycles. The lowest BCUT2D eigenvalue weighted by Crippen LogP contribution is -3.11. The van der Waals surface area contributed by atoms with E-state index in [-0.39, 0.29) is 11.9 Å². The van der Waals surface area contributed by atoms with Crippen LogP contribution in [0.5, 0.6) is 11.5 Å². The van der Waals surface area contributed by atoms with Crippen LogP contribution in [-0.4, -0.2) is 33.2 Å². The highest BCUT2D eigenvalue weighted by Crippen LogP contribution is 2.31. The molecule has 1 fully saturated rings. The summed E-state index contributed by atoms with van der Waals surface area (Å²) in [5, 5.41) is 11.8. The summed E-state index contributed by atoms with van der Waals surface area (Å²) in [4.78, 5) is 13.7. The fourth-order valence-corrected chi connectivity index (χ4v) is 3.65. The lowest BCUT2D eigenvalue weighted by molar-refractivity contribution is -0.910. The summed E-state index contributed by atoms with van der Waals surface area (Å²) in [6.07, 6.45) is 2.06. The number of rotatable bonds is 6. The summed E-state index contributed by atoms with van der Waals surface area (Å²) in [6, 6.07) is 15.0. The third kappa shape index (κ3) is 4.39. The van der Waals surface area contributed by atoms with Crippen LogP contribution in [0.1, 0.15) is 30.0 Å². The number of carbonyl (C=O) groups is 1. The molecule has 27 heavy (non-hydrogen) atoms. The minimum atomic E-state index is -0.0385. The average Bonchev–Trinajstić information content (AvgIpc) is 3.15. The van der Waals surface area contributed by atoms with Crippen molar-refractivity contribution < 1.29 is 19.2 Å². The van der Waals surface area contributed by atoms with Crippen molar-refractivity contribution in [2.24, 2.45) is 0 Å². The number of quaternary nitrogens is 1. The van der Waals surface area contributed by atoms with E-state index in [1.165, 1.54) is 4.90 Å². The molecule has 3 rings (SSSR count). The lowest BCUT2D eigenvalue weighted by Gasteiger charge is -2.23. The zero-order chi connectivity index (χ0) is 19.2. The first-order chi connectivity index (χ1) is 13.1. The van der Waals surface area contributed by atoms with Crippen LogP contribution in [0.4, 0.5) is 5.69 Å². The molecule has 140 valence electrons. The van der Waals surface area contributed by atoms with E-state index in [1.807, 2.05) is 18.2 Å². The summed E-state index contributed by atoms with van der Waals surface area (Å²) >= 11 is 0. The van der Waals surface area contributed by atoms with Crippen LogP contribution < -0.4 is 19.7 Å². The normalized spacial score (nSPS) is 18.6. The third-order valence-corrected chi connectivity index (χ3v) is 4.98. The van der Waals surface area contributed by atoms with Gasteiger partial charge in [0.25, 0.3) is 5.91 Å². The van der Waals surface area contributed by atoms with E-state index in [2.05, 4.69) is 11.4 Å². The maximum absolute atomic E-state index is 12.5. The number of nitriles is 1. The standard InChI is InChI=1S/C21H23N3O3/c1-26-17-9-10-20(27-2)18(12-17)19-4-3-11-24(19)14-21(25)23-16-7-5-15(13-22)6-8-16/h5-10,12,19H,3-4,11,14H2,1-2H3,(H,23,25)/p+1/t19-/m1/s1. The maximum Gasteiger partial charge on any atom is 0.279 e. The van der Waals surface area contributed by atoms with E-state index in [0.29, 0.717) is 17.8 Å². The first kappa shape index (κ1) is 18.7. The highest BCUT2D eigenvalue weighted by Gasteiger charge is 2.34. The number of likely N-dealkylation sites (tertiary alicyclic amines) is 1. The predicted octanol–water partition coefficient (Wildman–Crippen LogP) is 1.93. The van der Waals surface area contributed by atoms with Gasteiger partial charge in [-0.1, -0.05) is 0 Å². The van der Waals surface area contributed by atoms with Gasteiger partial charge in [-0.3, -0.25) is 4.79 Å². The molecule has 1 aliphatic rings. The Balaban J connectivity index is 1.71. The van der Waals surface area contributed by atoms with Gasteiger partial charge in [0.05, 0.1) is 38.0 Å². The molecule has 2 N–H and O–H groups in total. The van der Waals surface area contributed by atoms with Crippen molar-refractivity contribution in [3.63, 3.8) is 0 Å². The molecule has 6 heteroatoms. The van der Waals surface area contributed by atoms with E-state index < -0.39 is 0 Å². The Bertz CT molecular complexity index is 843. The second-order valence-corrected chi connectivity index (χ2v) is 6.63. The molecule has 6 nitrogen and oxygen atoms in total. The predicted molar refractivity (Wildman–Crippen MR) is 102 cm³/mol. The second-order valence-electron chi connectivity index (χ2n) is 6.63. The van der Waals surface area contributed by atoms with Gasteiger partial charge in [-0.2, -0.15) is 5.26 Å². The van der Waals surface area contributed by atoms with Crippen molar-refractivity contribution in [3.8, 4) is 17.6 Å². The van der Waals surface area contributed by atoms with Gasteiger partial charge in [-0.25, -0.2) is 0 Å². The number of carbonyl (C=O) groups excluding carboxylic acids is 1. The maximum atomic E-state index is 12.5. The molecule has 1 heterocycles. The zero-order valence-electron chi connectivity index (χ0n) is 15.6. The highest BCUT2D eigenvalue weighted by molar-refractivity contribution is 5.91. The fourth-order valence-electron chi connectivity index (χ4n) is 3.65. The smallest absolute Gasteiger partial charge is 0.279 e. The number of ether oxygens (including phenoxy) is 2. The highest BCUT2D eigenvalue weighted by atomic mass is 16.5. The number of nitrogens with zero attached hydrogens (tertiary/aromatic N) is 1. The topological polar surface area (TPSA) is 75.8 Å². The Morgan fingerprint density at radius 1 is 1.22 bits per heavy atom. The molecule has 2 aromatic rings. The third-order valence-electron chi connectivity index (χ3n) is 4.98. The summed E-state index contributed by atoms with van der Waals surface area (Å²) in [7, 11) is 3.31. The van der Waals surface area contributed by atoms with Gasteiger partial charge in [0.1, 0.15) is 17.5 Å². The number of anilines is 1. The average molecular weight is 366 g/mol. The molecule has 0 aromatic heterocycles. The first-order valence-electron chi connectivity index (χ1n) is 9.01. The van der Waals surface area contributed by atoms with Gasteiger partial charge in [-0.15, -0.1) is 0 Å². The minimum Gasteiger partial charge on any atom is -0.497 e. The Hall–Kier alpha value is -3.04. The first-order valence-corrected chi connectivity index (χ1v) is 9.01. The van der Waals surface area contributed by atoms with Gasteiger partial charge < -0.3 is 19.7 Å². The van der Waals surface area contributed by atoms with Gasteiger partial charge in [0.15, 0.2) is 6.54 Å². The molecule has 0 aliphatic carbocycles. The molecule has 1 saturated heterocycles. The molecule has 1 unspecified atom stereocenters. The summed E-state index contributed by atoms with van der Waals surface area (Å²) in [6.45, 7) is 1.32.